The number of aromatic nitrogens is 3. The minimum absolute atomic E-state index is 0.0982. The van der Waals surface area contributed by atoms with Crippen molar-refractivity contribution in [3.63, 3.8) is 0 Å². The van der Waals surface area contributed by atoms with Gasteiger partial charge in [0.25, 0.3) is 11.1 Å². The molecule has 0 spiro atoms. The Morgan fingerprint density at radius 1 is 0.804 bits per heavy atom. The van der Waals surface area contributed by atoms with E-state index < -0.39 is 5.91 Å². The smallest absolute Gasteiger partial charge is 0.328 e. The summed E-state index contributed by atoms with van der Waals surface area (Å²) < 4.78 is 33.8. The monoisotopic (exact) mass is 650 g/mol. The van der Waals surface area contributed by atoms with Gasteiger partial charge < -0.3 is 38.2 Å². The summed E-state index contributed by atoms with van der Waals surface area (Å²) in [5.41, 5.74) is 0.652. The number of imide groups is 1. The zero-order valence-electron chi connectivity index (χ0n) is 25.5. The number of methoxy groups -OCH3 is 2. The lowest BCUT2D eigenvalue weighted by molar-refractivity contribution is -0.123. The Labute approximate surface area is 270 Å². The average molecular weight is 651 g/mol. The maximum absolute atomic E-state index is 13.1. The number of amides is 2. The second kappa shape index (κ2) is 14.7. The molecule has 2 aromatic carbocycles. The molecule has 46 heavy (non-hydrogen) atoms. The summed E-state index contributed by atoms with van der Waals surface area (Å²) in [4.78, 5) is 45.2. The molecule has 6 rings (SSSR count). The maximum atomic E-state index is 13.1. The highest BCUT2D eigenvalue weighted by Gasteiger charge is 2.35. The summed E-state index contributed by atoms with van der Waals surface area (Å²) in [6, 6.07) is 12.5. The van der Waals surface area contributed by atoms with E-state index in [9.17, 15) is 9.59 Å². The highest BCUT2D eigenvalue weighted by molar-refractivity contribution is 8.18. The van der Waals surface area contributed by atoms with Crippen molar-refractivity contribution >= 4 is 40.9 Å². The van der Waals surface area contributed by atoms with E-state index in [1.807, 2.05) is 21.9 Å². The van der Waals surface area contributed by atoms with Crippen LogP contribution in [-0.2, 0) is 14.3 Å². The Hall–Kier alpha value is -4.60. The molecule has 15 heteroatoms. The van der Waals surface area contributed by atoms with Crippen LogP contribution in [0.2, 0.25) is 0 Å². The molecule has 0 N–H and O–H groups in total. The summed E-state index contributed by atoms with van der Waals surface area (Å²) in [7, 11) is 3.07. The molecule has 3 aromatic rings. The molecule has 3 aliphatic heterocycles. The van der Waals surface area contributed by atoms with Crippen LogP contribution in [-0.4, -0.2) is 111 Å². The zero-order valence-corrected chi connectivity index (χ0v) is 26.4. The number of carbonyl (C=O) groups excluding carboxylic acids is 2. The van der Waals surface area contributed by atoms with Gasteiger partial charge in [-0.25, -0.2) is 0 Å². The molecule has 0 atom stereocenters. The molecule has 1 aromatic heterocycles. The van der Waals surface area contributed by atoms with Gasteiger partial charge >= 0.3 is 6.01 Å². The summed E-state index contributed by atoms with van der Waals surface area (Å²) in [5, 5.41) is -0.367. The predicted molar refractivity (Wildman–Crippen MR) is 170 cm³/mol. The number of morpholine rings is 2. The topological polar surface area (TPSA) is 138 Å². The third kappa shape index (κ3) is 7.27. The number of para-hydroxylation sites is 2. The Kier molecular flexibility index (Phi) is 10.0. The van der Waals surface area contributed by atoms with E-state index in [1.165, 1.54) is 12.0 Å². The third-order valence-corrected chi connectivity index (χ3v) is 8.29. The lowest BCUT2D eigenvalue weighted by Crippen LogP contribution is -2.40. The van der Waals surface area contributed by atoms with Crippen molar-refractivity contribution in [1.82, 2.24) is 19.9 Å². The van der Waals surface area contributed by atoms with Crippen LogP contribution in [0.5, 0.6) is 29.0 Å². The molecule has 4 heterocycles. The molecule has 0 unspecified atom stereocenters. The Balaban J connectivity index is 1.16. The van der Waals surface area contributed by atoms with Crippen molar-refractivity contribution in [3.05, 3.63) is 52.9 Å². The van der Waals surface area contributed by atoms with Gasteiger partial charge in [-0.2, -0.15) is 15.0 Å². The third-order valence-electron chi connectivity index (χ3n) is 7.38. The van der Waals surface area contributed by atoms with E-state index in [2.05, 4.69) is 9.97 Å². The zero-order chi connectivity index (χ0) is 31.9. The molecule has 0 bridgehead atoms. The van der Waals surface area contributed by atoms with E-state index in [0.29, 0.717) is 98.0 Å². The molecule has 3 saturated heterocycles. The minimum Gasteiger partial charge on any atom is -0.493 e. The molecule has 0 saturated carbocycles. The Morgan fingerprint density at radius 2 is 1.43 bits per heavy atom. The molecule has 3 aliphatic rings. The lowest BCUT2D eigenvalue weighted by Gasteiger charge is -2.30. The summed E-state index contributed by atoms with van der Waals surface area (Å²) in [6.45, 7) is 5.19. The van der Waals surface area contributed by atoms with Gasteiger partial charge in [-0.3, -0.25) is 14.5 Å². The Bertz CT molecular complexity index is 1560. The van der Waals surface area contributed by atoms with E-state index in [-0.39, 0.29) is 24.4 Å². The fourth-order valence-electron chi connectivity index (χ4n) is 4.98. The van der Waals surface area contributed by atoms with Gasteiger partial charge in [0.15, 0.2) is 23.0 Å². The highest BCUT2D eigenvalue weighted by atomic mass is 32.2. The van der Waals surface area contributed by atoms with Crippen LogP contribution in [0.3, 0.4) is 0 Å². The fraction of sp³-hybridized carbons (Fsp3) is 0.387. The van der Waals surface area contributed by atoms with Crippen molar-refractivity contribution in [2.75, 3.05) is 89.8 Å². The van der Waals surface area contributed by atoms with E-state index in [4.69, 9.17) is 33.4 Å². The van der Waals surface area contributed by atoms with E-state index >= 15 is 0 Å². The van der Waals surface area contributed by atoms with Gasteiger partial charge in [-0.15, -0.1) is 0 Å². The molecular formula is C31H34N6O8S. The van der Waals surface area contributed by atoms with Crippen LogP contribution in [0.25, 0.3) is 6.08 Å². The molecule has 2 amide bonds. The first kappa shape index (κ1) is 31.4. The van der Waals surface area contributed by atoms with Crippen molar-refractivity contribution in [1.29, 1.82) is 0 Å². The number of thioether (sulfide) groups is 1. The van der Waals surface area contributed by atoms with Crippen LogP contribution in [0.4, 0.5) is 16.7 Å². The average Bonchev–Trinajstić information content (AvgIpc) is 3.37. The van der Waals surface area contributed by atoms with Crippen molar-refractivity contribution in [3.8, 4) is 29.0 Å². The number of carbonyl (C=O) groups is 2. The van der Waals surface area contributed by atoms with Gasteiger partial charge in [-0.1, -0.05) is 18.2 Å². The van der Waals surface area contributed by atoms with Crippen molar-refractivity contribution in [2.45, 2.75) is 0 Å². The van der Waals surface area contributed by atoms with Gasteiger partial charge in [0.2, 0.25) is 11.9 Å². The first-order valence-corrected chi connectivity index (χ1v) is 15.6. The van der Waals surface area contributed by atoms with Crippen LogP contribution < -0.4 is 28.7 Å². The number of nitrogens with zero attached hydrogens (tertiary/aromatic N) is 6. The van der Waals surface area contributed by atoms with Gasteiger partial charge in [0, 0.05) is 26.2 Å². The number of benzene rings is 2. The summed E-state index contributed by atoms with van der Waals surface area (Å²) in [6.07, 6.45) is 1.65. The molecule has 242 valence electrons. The van der Waals surface area contributed by atoms with Gasteiger partial charge in [0.05, 0.1) is 52.1 Å². The second-order valence-electron chi connectivity index (χ2n) is 10.3. The van der Waals surface area contributed by atoms with Crippen molar-refractivity contribution < 1.29 is 38.0 Å². The number of hydrogen-bond donors (Lipinski definition) is 0. The fourth-order valence-corrected chi connectivity index (χ4v) is 5.84. The largest absolute Gasteiger partial charge is 0.493 e. The van der Waals surface area contributed by atoms with E-state index in [1.54, 1.807) is 43.5 Å². The lowest BCUT2D eigenvalue weighted by atomic mass is 10.2. The number of hydrogen-bond acceptors (Lipinski definition) is 14. The van der Waals surface area contributed by atoms with Gasteiger partial charge in [0.1, 0.15) is 6.61 Å². The first-order chi connectivity index (χ1) is 22.5. The second-order valence-corrected chi connectivity index (χ2v) is 11.3. The van der Waals surface area contributed by atoms with Gasteiger partial charge in [-0.05, 0) is 47.7 Å². The van der Waals surface area contributed by atoms with E-state index in [0.717, 1.165) is 11.8 Å². The van der Waals surface area contributed by atoms with Crippen LogP contribution in [0.15, 0.2) is 47.4 Å². The van der Waals surface area contributed by atoms with Crippen molar-refractivity contribution in [2.24, 2.45) is 0 Å². The molecule has 0 aliphatic carbocycles. The van der Waals surface area contributed by atoms with Crippen LogP contribution >= 0.6 is 11.8 Å². The quantitative estimate of drug-likeness (QED) is 0.280. The molecule has 0 radical (unpaired) electrons. The molecule has 14 nitrogen and oxygen atoms in total. The summed E-state index contributed by atoms with van der Waals surface area (Å²) in [5.74, 6) is 2.52. The maximum Gasteiger partial charge on any atom is 0.328 e. The number of ether oxygens (including phenoxy) is 6. The molecule has 3 fully saturated rings. The summed E-state index contributed by atoms with van der Waals surface area (Å²) >= 11 is 0.873. The number of anilines is 2. The molecular weight excluding hydrogens is 616 g/mol. The number of rotatable bonds is 11. The highest BCUT2D eigenvalue weighted by Crippen LogP contribution is 2.36. The SMILES string of the molecule is COc1ccccc1OCCN1C(=O)S/C(=C\c2ccc(Oc3nc(N4CCOCC4)nc(N4CCOCC4)n3)c(OC)c2)C1=O. The first-order valence-electron chi connectivity index (χ1n) is 14.8. The Morgan fingerprint density at radius 3 is 2.07 bits per heavy atom. The predicted octanol–water partition coefficient (Wildman–Crippen LogP) is 3.47. The standard InChI is InChI=1S/C31H34N6O8S/c1-40-22-5-3-4-6-23(22)44-18-13-37-27(38)26(46-31(37)39)20-21-7-8-24(25(19-21)41-2)45-30-33-28(35-9-14-42-15-10-35)32-29(34-30)36-11-16-43-17-12-36/h3-8,19-20H,9-18H2,1-2H3/b26-20-. The minimum atomic E-state index is -0.394. The normalized spacial score (nSPS) is 17.9. The van der Waals surface area contributed by atoms with Crippen LogP contribution in [0, 0.1) is 0 Å². The van der Waals surface area contributed by atoms with Crippen LogP contribution in [0.1, 0.15) is 5.56 Å².